The average Bonchev–Trinajstić information content (AvgIpc) is 2.38. The zero-order valence-corrected chi connectivity index (χ0v) is 12.4. The number of hydrogen-bond acceptors (Lipinski definition) is 3. The van der Waals surface area contributed by atoms with Crippen molar-refractivity contribution in [3.8, 4) is 0 Å². The molecule has 5 nitrogen and oxygen atoms in total. The minimum absolute atomic E-state index is 0.0340. The van der Waals surface area contributed by atoms with Crippen LogP contribution in [0.4, 0.5) is 0 Å². The first kappa shape index (κ1) is 16.2. The molecule has 0 radical (unpaired) electrons. The van der Waals surface area contributed by atoms with Crippen LogP contribution in [0.25, 0.3) is 0 Å². The second-order valence-corrected chi connectivity index (χ2v) is 5.06. The maximum absolute atomic E-state index is 12.0. The normalized spacial score (nSPS) is 10.6. The number of primary amides is 1. The number of carbonyl (C=O) groups is 2. The average molecular weight is 277 g/mol. The van der Waals surface area contributed by atoms with Crippen molar-refractivity contribution in [2.24, 2.45) is 5.73 Å². The molecule has 1 aromatic rings. The Morgan fingerprint density at radius 3 is 2.10 bits per heavy atom. The molecule has 0 bridgehead atoms. The van der Waals surface area contributed by atoms with Crippen LogP contribution in [0.2, 0.25) is 0 Å². The summed E-state index contributed by atoms with van der Waals surface area (Å²) in [5.74, 6) is -0.466. The number of nitrogens with two attached hydrogens (primary N) is 1. The molecule has 2 amide bonds. The standard InChI is InChI=1S/C15H23N3O2/c1-4-12-5-7-13(8-6-12)9-18(3)15(20)11-17(2)10-14(16)19/h5-8H,4,9-11H2,1-3H3,(H2,16,19). The van der Waals surface area contributed by atoms with E-state index in [0.717, 1.165) is 12.0 Å². The van der Waals surface area contributed by atoms with E-state index in [0.29, 0.717) is 6.54 Å². The lowest BCUT2D eigenvalue weighted by Crippen LogP contribution is -2.39. The molecule has 0 spiro atoms. The summed E-state index contributed by atoms with van der Waals surface area (Å²) in [5.41, 5.74) is 7.47. The smallest absolute Gasteiger partial charge is 0.236 e. The van der Waals surface area contributed by atoms with Crippen molar-refractivity contribution < 1.29 is 9.59 Å². The van der Waals surface area contributed by atoms with E-state index in [9.17, 15) is 9.59 Å². The predicted molar refractivity (Wildman–Crippen MR) is 79.0 cm³/mol. The fourth-order valence-electron chi connectivity index (χ4n) is 1.92. The van der Waals surface area contributed by atoms with E-state index in [4.69, 9.17) is 5.73 Å². The highest BCUT2D eigenvalue weighted by molar-refractivity contribution is 5.80. The van der Waals surface area contributed by atoms with Crippen LogP contribution in [0.1, 0.15) is 18.1 Å². The van der Waals surface area contributed by atoms with Gasteiger partial charge in [0.05, 0.1) is 13.1 Å². The Hall–Kier alpha value is -1.88. The molecule has 0 unspecified atom stereocenters. The molecule has 0 saturated carbocycles. The molecular formula is C15H23N3O2. The van der Waals surface area contributed by atoms with Crippen LogP contribution >= 0.6 is 0 Å². The van der Waals surface area contributed by atoms with Gasteiger partial charge in [-0.2, -0.15) is 0 Å². The molecular weight excluding hydrogens is 254 g/mol. The Labute approximate surface area is 120 Å². The quantitative estimate of drug-likeness (QED) is 0.794. The number of aryl methyl sites for hydroxylation is 1. The number of amides is 2. The van der Waals surface area contributed by atoms with Crippen molar-refractivity contribution in [1.82, 2.24) is 9.80 Å². The molecule has 0 aliphatic rings. The second-order valence-electron chi connectivity index (χ2n) is 5.06. The molecule has 0 saturated heterocycles. The Bertz CT molecular complexity index is 457. The summed E-state index contributed by atoms with van der Waals surface area (Å²) in [4.78, 5) is 26.0. The number of rotatable bonds is 7. The number of hydrogen-bond donors (Lipinski definition) is 1. The molecule has 0 fully saturated rings. The molecule has 110 valence electrons. The zero-order valence-electron chi connectivity index (χ0n) is 12.4. The van der Waals surface area contributed by atoms with E-state index in [1.54, 1.807) is 23.9 Å². The topological polar surface area (TPSA) is 66.6 Å². The Kier molecular flexibility index (Phi) is 6.18. The molecule has 1 aromatic carbocycles. The summed E-state index contributed by atoms with van der Waals surface area (Å²) in [6, 6.07) is 8.23. The number of benzene rings is 1. The first-order valence-electron chi connectivity index (χ1n) is 6.71. The van der Waals surface area contributed by atoms with Gasteiger partial charge in [0.25, 0.3) is 0 Å². The van der Waals surface area contributed by atoms with Gasteiger partial charge in [0, 0.05) is 13.6 Å². The molecule has 0 aliphatic carbocycles. The van der Waals surface area contributed by atoms with Gasteiger partial charge in [0.15, 0.2) is 0 Å². The Morgan fingerprint density at radius 2 is 1.60 bits per heavy atom. The first-order valence-corrected chi connectivity index (χ1v) is 6.71. The number of likely N-dealkylation sites (N-methyl/N-ethyl adjacent to an activating group) is 2. The lowest BCUT2D eigenvalue weighted by Gasteiger charge is -2.21. The summed E-state index contributed by atoms with van der Waals surface area (Å²) >= 11 is 0. The highest BCUT2D eigenvalue weighted by Gasteiger charge is 2.13. The van der Waals surface area contributed by atoms with Gasteiger partial charge >= 0.3 is 0 Å². The lowest BCUT2D eigenvalue weighted by molar-refractivity contribution is -0.131. The number of nitrogens with zero attached hydrogens (tertiary/aromatic N) is 2. The molecule has 20 heavy (non-hydrogen) atoms. The third-order valence-corrected chi connectivity index (χ3v) is 3.11. The predicted octanol–water partition coefficient (Wildman–Crippen LogP) is 0.625. The van der Waals surface area contributed by atoms with Gasteiger partial charge in [-0.05, 0) is 24.6 Å². The Balaban J connectivity index is 2.50. The molecule has 5 heteroatoms. The third kappa shape index (κ3) is 5.40. The van der Waals surface area contributed by atoms with Crippen LogP contribution in [0, 0.1) is 0 Å². The van der Waals surface area contributed by atoms with Gasteiger partial charge in [-0.1, -0.05) is 31.2 Å². The fourth-order valence-corrected chi connectivity index (χ4v) is 1.92. The monoisotopic (exact) mass is 277 g/mol. The van der Waals surface area contributed by atoms with E-state index < -0.39 is 5.91 Å². The highest BCUT2D eigenvalue weighted by atomic mass is 16.2. The van der Waals surface area contributed by atoms with E-state index in [1.807, 2.05) is 12.1 Å². The summed E-state index contributed by atoms with van der Waals surface area (Å²) in [5, 5.41) is 0. The lowest BCUT2D eigenvalue weighted by atomic mass is 10.1. The molecule has 1 rings (SSSR count). The van der Waals surface area contributed by atoms with Crippen molar-refractivity contribution >= 4 is 11.8 Å². The van der Waals surface area contributed by atoms with Gasteiger partial charge in [-0.25, -0.2) is 0 Å². The van der Waals surface area contributed by atoms with Crippen molar-refractivity contribution in [3.63, 3.8) is 0 Å². The summed E-state index contributed by atoms with van der Waals surface area (Å²) < 4.78 is 0. The van der Waals surface area contributed by atoms with Crippen LogP contribution in [-0.2, 0) is 22.6 Å². The van der Waals surface area contributed by atoms with Gasteiger partial charge in [0.2, 0.25) is 11.8 Å². The van der Waals surface area contributed by atoms with Crippen LogP contribution in [0.3, 0.4) is 0 Å². The van der Waals surface area contributed by atoms with Gasteiger partial charge in [-0.15, -0.1) is 0 Å². The van der Waals surface area contributed by atoms with E-state index in [1.165, 1.54) is 5.56 Å². The van der Waals surface area contributed by atoms with Crippen molar-refractivity contribution in [2.45, 2.75) is 19.9 Å². The summed E-state index contributed by atoms with van der Waals surface area (Å²) in [7, 11) is 3.46. The van der Waals surface area contributed by atoms with Gasteiger partial charge in [0.1, 0.15) is 0 Å². The highest BCUT2D eigenvalue weighted by Crippen LogP contribution is 2.07. The maximum atomic E-state index is 12.0. The van der Waals surface area contributed by atoms with E-state index >= 15 is 0 Å². The molecule has 2 N–H and O–H groups in total. The molecule has 0 aliphatic heterocycles. The van der Waals surface area contributed by atoms with Gasteiger partial charge < -0.3 is 10.6 Å². The fraction of sp³-hybridized carbons (Fsp3) is 0.467. The van der Waals surface area contributed by atoms with Crippen LogP contribution in [0.5, 0.6) is 0 Å². The molecule has 0 aromatic heterocycles. The summed E-state index contributed by atoms with van der Waals surface area (Å²) in [6.45, 7) is 2.95. The van der Waals surface area contributed by atoms with Crippen molar-refractivity contribution in [2.75, 3.05) is 27.2 Å². The largest absolute Gasteiger partial charge is 0.369 e. The molecule has 0 heterocycles. The second kappa shape index (κ2) is 7.65. The van der Waals surface area contributed by atoms with E-state index in [-0.39, 0.29) is 19.0 Å². The van der Waals surface area contributed by atoms with Crippen LogP contribution < -0.4 is 5.73 Å². The molecule has 0 atom stereocenters. The minimum atomic E-state index is -0.432. The van der Waals surface area contributed by atoms with Crippen LogP contribution in [-0.4, -0.2) is 48.8 Å². The minimum Gasteiger partial charge on any atom is -0.369 e. The zero-order chi connectivity index (χ0) is 15.1. The SMILES string of the molecule is CCc1ccc(CN(C)C(=O)CN(C)CC(N)=O)cc1. The van der Waals surface area contributed by atoms with E-state index in [2.05, 4.69) is 19.1 Å². The summed E-state index contributed by atoms with van der Waals surface area (Å²) in [6.07, 6.45) is 1.01. The first-order chi connectivity index (χ1) is 9.42. The van der Waals surface area contributed by atoms with Crippen LogP contribution in [0.15, 0.2) is 24.3 Å². The maximum Gasteiger partial charge on any atom is 0.236 e. The third-order valence-electron chi connectivity index (χ3n) is 3.11. The van der Waals surface area contributed by atoms with Gasteiger partial charge in [-0.3, -0.25) is 14.5 Å². The Morgan fingerprint density at radius 1 is 1.05 bits per heavy atom. The van der Waals surface area contributed by atoms with Crippen molar-refractivity contribution in [3.05, 3.63) is 35.4 Å². The number of carbonyl (C=O) groups excluding carboxylic acids is 2. The van der Waals surface area contributed by atoms with Crippen molar-refractivity contribution in [1.29, 1.82) is 0 Å².